The van der Waals surface area contributed by atoms with Gasteiger partial charge in [-0.05, 0) is 73.9 Å². The molecule has 0 bridgehead atoms. The Morgan fingerprint density at radius 1 is 0.684 bits per heavy atom. The van der Waals surface area contributed by atoms with Crippen LogP contribution in [-0.4, -0.2) is 62.6 Å². The maximum Gasteiger partial charge on any atom is 0.224 e. The number of benzene rings is 2. The molecule has 2 aromatic carbocycles. The van der Waals surface area contributed by atoms with Gasteiger partial charge in [-0.25, -0.2) is 0 Å². The molecule has 10 heteroatoms. The van der Waals surface area contributed by atoms with E-state index in [4.69, 9.17) is 18.9 Å². The first-order valence-corrected chi connectivity index (χ1v) is 12.8. The van der Waals surface area contributed by atoms with Crippen LogP contribution in [0.25, 0.3) is 0 Å². The molecule has 0 heterocycles. The van der Waals surface area contributed by atoms with Crippen LogP contribution >= 0.6 is 0 Å². The Balaban J connectivity index is 1.73. The molecule has 4 rings (SSSR count). The minimum absolute atomic E-state index is 0.106. The van der Waals surface area contributed by atoms with Crippen LogP contribution in [0, 0.1) is 11.8 Å². The van der Waals surface area contributed by atoms with Crippen LogP contribution in [0.1, 0.15) is 36.8 Å². The van der Waals surface area contributed by atoms with Crippen LogP contribution in [-0.2, 0) is 22.4 Å². The number of carbonyl (C=O) groups is 2. The molecule has 2 fully saturated rings. The van der Waals surface area contributed by atoms with Crippen LogP contribution in [0.5, 0.6) is 34.5 Å². The van der Waals surface area contributed by atoms with E-state index in [0.717, 1.165) is 25.7 Å². The van der Waals surface area contributed by atoms with Gasteiger partial charge in [0, 0.05) is 12.1 Å². The van der Waals surface area contributed by atoms with E-state index in [0.29, 0.717) is 11.1 Å². The molecule has 2 saturated carbocycles. The standard InChI is InChI=1S/C28H36N2O8/c1-35-21-11-15(12-22(36-2)25(21)31)9-19(27(33)29-17-5-6-17)20(28(34)30-18-7-8-18)10-16-13-23(37-3)26(32)24(14-16)38-4/h11-14,17-20,31-32H,5-10H2,1-4H3,(H,29,33)(H,30,34)/t19-,20+. The first kappa shape index (κ1) is 27.2. The van der Waals surface area contributed by atoms with Gasteiger partial charge < -0.3 is 39.8 Å². The SMILES string of the molecule is COc1cc(C[C@H](C(=O)NC2CC2)[C@@H](Cc2cc(OC)c(O)c(OC)c2)C(=O)NC2CC2)cc(OC)c1O. The van der Waals surface area contributed by atoms with Crippen molar-refractivity contribution < 1.29 is 38.7 Å². The topological polar surface area (TPSA) is 136 Å². The van der Waals surface area contributed by atoms with E-state index in [1.165, 1.54) is 28.4 Å². The summed E-state index contributed by atoms with van der Waals surface area (Å²) in [6.45, 7) is 0. The monoisotopic (exact) mass is 528 g/mol. The molecule has 0 unspecified atom stereocenters. The third kappa shape index (κ3) is 6.35. The van der Waals surface area contributed by atoms with Gasteiger partial charge in [-0.3, -0.25) is 9.59 Å². The summed E-state index contributed by atoms with van der Waals surface area (Å²) < 4.78 is 21.2. The van der Waals surface area contributed by atoms with Crippen LogP contribution in [0.4, 0.5) is 0 Å². The number of carbonyl (C=O) groups excluding carboxylic acids is 2. The fraction of sp³-hybridized carbons (Fsp3) is 0.500. The van der Waals surface area contributed by atoms with E-state index in [1.807, 2.05) is 0 Å². The summed E-state index contributed by atoms with van der Waals surface area (Å²) in [6.07, 6.45) is 4.05. The van der Waals surface area contributed by atoms with Crippen LogP contribution in [0.2, 0.25) is 0 Å². The second kappa shape index (κ2) is 11.7. The Morgan fingerprint density at radius 2 is 0.974 bits per heavy atom. The molecule has 0 aromatic heterocycles. The maximum atomic E-state index is 13.6. The van der Waals surface area contributed by atoms with Gasteiger partial charge in [0.2, 0.25) is 23.3 Å². The van der Waals surface area contributed by atoms with Crippen molar-refractivity contribution in [2.45, 2.75) is 50.6 Å². The maximum absolute atomic E-state index is 13.6. The molecular formula is C28H36N2O8. The molecule has 0 spiro atoms. The lowest BCUT2D eigenvalue weighted by Crippen LogP contribution is -2.45. The normalized spacial score (nSPS) is 16.2. The number of hydrogen-bond donors (Lipinski definition) is 4. The zero-order chi connectivity index (χ0) is 27.4. The predicted molar refractivity (Wildman–Crippen MR) is 139 cm³/mol. The van der Waals surface area contributed by atoms with Crippen LogP contribution in [0.3, 0.4) is 0 Å². The minimum Gasteiger partial charge on any atom is -0.502 e. The lowest BCUT2D eigenvalue weighted by Gasteiger charge is -2.27. The summed E-state index contributed by atoms with van der Waals surface area (Å²) in [4.78, 5) is 27.2. The van der Waals surface area contributed by atoms with E-state index in [2.05, 4.69) is 10.6 Å². The first-order chi connectivity index (χ1) is 18.3. The molecule has 0 radical (unpaired) electrons. The highest BCUT2D eigenvalue weighted by molar-refractivity contribution is 5.88. The molecule has 0 aliphatic heterocycles. The molecule has 10 nitrogen and oxygen atoms in total. The summed E-state index contributed by atoms with van der Waals surface area (Å²) in [5, 5.41) is 26.9. The number of ether oxygens (including phenoxy) is 4. The van der Waals surface area contributed by atoms with Gasteiger partial charge in [0.1, 0.15) is 0 Å². The van der Waals surface area contributed by atoms with E-state index in [1.54, 1.807) is 24.3 Å². The summed E-state index contributed by atoms with van der Waals surface area (Å²) in [5.41, 5.74) is 1.36. The van der Waals surface area contributed by atoms with E-state index < -0.39 is 11.8 Å². The average Bonchev–Trinajstić information content (AvgIpc) is 3.85. The molecule has 2 amide bonds. The number of nitrogens with one attached hydrogen (secondary N) is 2. The van der Waals surface area contributed by atoms with E-state index >= 15 is 0 Å². The van der Waals surface area contributed by atoms with Gasteiger partial charge in [-0.1, -0.05) is 0 Å². The molecule has 4 N–H and O–H groups in total. The third-order valence-corrected chi connectivity index (χ3v) is 7.00. The lowest BCUT2D eigenvalue weighted by molar-refractivity contribution is -0.135. The number of aromatic hydroxyl groups is 2. The van der Waals surface area contributed by atoms with E-state index in [9.17, 15) is 19.8 Å². The van der Waals surface area contributed by atoms with Crippen molar-refractivity contribution >= 4 is 11.8 Å². The van der Waals surface area contributed by atoms with Gasteiger partial charge in [0.05, 0.1) is 40.3 Å². The Bertz CT molecular complexity index is 1030. The zero-order valence-electron chi connectivity index (χ0n) is 22.2. The largest absolute Gasteiger partial charge is 0.502 e. The highest BCUT2D eigenvalue weighted by atomic mass is 16.5. The smallest absolute Gasteiger partial charge is 0.224 e. The number of methoxy groups -OCH3 is 4. The van der Waals surface area contributed by atoms with Crippen molar-refractivity contribution in [3.8, 4) is 34.5 Å². The van der Waals surface area contributed by atoms with Crippen molar-refractivity contribution in [3.05, 3.63) is 35.4 Å². The highest BCUT2D eigenvalue weighted by Crippen LogP contribution is 2.40. The molecular weight excluding hydrogens is 492 g/mol. The summed E-state index contributed by atoms with van der Waals surface area (Å²) in [7, 11) is 5.75. The Kier molecular flexibility index (Phi) is 8.38. The summed E-state index contributed by atoms with van der Waals surface area (Å²) in [6, 6.07) is 6.81. The molecule has 0 saturated heterocycles. The number of rotatable bonds is 13. The quantitative estimate of drug-likeness (QED) is 0.312. The number of amides is 2. The van der Waals surface area contributed by atoms with Crippen LogP contribution in [0.15, 0.2) is 24.3 Å². The molecule has 38 heavy (non-hydrogen) atoms. The lowest BCUT2D eigenvalue weighted by atomic mass is 9.81. The van der Waals surface area contributed by atoms with Crippen molar-refractivity contribution in [3.63, 3.8) is 0 Å². The molecule has 2 aliphatic rings. The number of hydrogen-bond acceptors (Lipinski definition) is 8. The van der Waals surface area contributed by atoms with E-state index in [-0.39, 0.29) is 71.2 Å². The Morgan fingerprint density at radius 3 is 1.21 bits per heavy atom. The van der Waals surface area contributed by atoms with Gasteiger partial charge in [0.25, 0.3) is 0 Å². The number of phenols is 2. The van der Waals surface area contributed by atoms with Crippen LogP contribution < -0.4 is 29.6 Å². The Hall–Kier alpha value is -3.82. The first-order valence-electron chi connectivity index (χ1n) is 12.8. The Labute approximate surface area is 222 Å². The van der Waals surface area contributed by atoms with Gasteiger partial charge in [-0.15, -0.1) is 0 Å². The van der Waals surface area contributed by atoms with Gasteiger partial charge in [0.15, 0.2) is 23.0 Å². The van der Waals surface area contributed by atoms with Gasteiger partial charge >= 0.3 is 0 Å². The second-order valence-corrected chi connectivity index (χ2v) is 9.88. The van der Waals surface area contributed by atoms with Crippen molar-refractivity contribution in [1.29, 1.82) is 0 Å². The minimum atomic E-state index is -0.737. The molecule has 2 atom stereocenters. The number of phenolic OH excluding ortho intramolecular Hbond substituents is 2. The van der Waals surface area contributed by atoms with Gasteiger partial charge in [-0.2, -0.15) is 0 Å². The van der Waals surface area contributed by atoms with Crippen molar-refractivity contribution in [2.24, 2.45) is 11.8 Å². The molecule has 206 valence electrons. The highest BCUT2D eigenvalue weighted by Gasteiger charge is 2.38. The second-order valence-electron chi connectivity index (χ2n) is 9.88. The molecule has 2 aliphatic carbocycles. The van der Waals surface area contributed by atoms with Crippen molar-refractivity contribution in [2.75, 3.05) is 28.4 Å². The summed E-state index contributed by atoms with van der Waals surface area (Å²) in [5.74, 6) is -1.31. The van der Waals surface area contributed by atoms with Crippen molar-refractivity contribution in [1.82, 2.24) is 10.6 Å². The average molecular weight is 529 g/mol. The summed E-state index contributed by atoms with van der Waals surface area (Å²) >= 11 is 0. The fourth-order valence-electron chi connectivity index (χ4n) is 4.55. The zero-order valence-corrected chi connectivity index (χ0v) is 22.2. The fourth-order valence-corrected chi connectivity index (χ4v) is 4.55. The third-order valence-electron chi connectivity index (χ3n) is 7.00. The molecule has 2 aromatic rings. The predicted octanol–water partition coefficient (Wildman–Crippen LogP) is 2.71.